The van der Waals surface area contributed by atoms with Crippen LogP contribution in [0.3, 0.4) is 0 Å². The monoisotopic (exact) mass is 216 g/mol. The van der Waals surface area contributed by atoms with E-state index in [1.165, 1.54) is 6.92 Å². The normalized spacial score (nSPS) is 11.2. The number of hydrogen-bond donors (Lipinski definition) is 2. The van der Waals surface area contributed by atoms with Crippen molar-refractivity contribution in [3.05, 3.63) is 47.2 Å². The fraction of sp³-hybridized carbons (Fsp3) is 0.167. The molecule has 82 valence electrons. The molecule has 1 aromatic rings. The molecule has 0 atom stereocenters. The second-order valence-corrected chi connectivity index (χ2v) is 3.24. The lowest BCUT2D eigenvalue weighted by atomic mass is 10.2. The van der Waals surface area contributed by atoms with Crippen molar-refractivity contribution in [2.75, 3.05) is 0 Å². The molecule has 0 aliphatic heterocycles. The van der Waals surface area contributed by atoms with Crippen LogP contribution in [0.4, 0.5) is 0 Å². The molecule has 1 aromatic carbocycles. The van der Waals surface area contributed by atoms with E-state index in [0.717, 1.165) is 5.56 Å². The Morgan fingerprint density at radius 1 is 1.44 bits per heavy atom. The Hall–Kier alpha value is -2.28. The highest BCUT2D eigenvalue weighted by atomic mass is 16.3. The van der Waals surface area contributed by atoms with Crippen molar-refractivity contribution < 1.29 is 9.90 Å². The zero-order valence-electron chi connectivity index (χ0n) is 8.90. The Morgan fingerprint density at radius 3 is 2.56 bits per heavy atom. The fourth-order valence-electron chi connectivity index (χ4n) is 1.16. The minimum absolute atomic E-state index is 0.254. The average molecular weight is 216 g/mol. The van der Waals surface area contributed by atoms with E-state index in [0.29, 0.717) is 6.54 Å². The highest BCUT2D eigenvalue weighted by Crippen LogP contribution is 2.01. The van der Waals surface area contributed by atoms with E-state index in [1.807, 2.05) is 30.3 Å². The summed E-state index contributed by atoms with van der Waals surface area (Å²) < 4.78 is 0. The van der Waals surface area contributed by atoms with Crippen LogP contribution in [-0.4, -0.2) is 11.0 Å². The fourth-order valence-corrected chi connectivity index (χ4v) is 1.16. The molecule has 0 spiro atoms. The largest absolute Gasteiger partial charge is 0.511 e. The predicted molar refractivity (Wildman–Crippen MR) is 59.2 cm³/mol. The molecule has 0 aliphatic rings. The second kappa shape index (κ2) is 5.56. The Kier molecular flexibility index (Phi) is 4.10. The number of rotatable bonds is 3. The second-order valence-electron chi connectivity index (χ2n) is 3.24. The Morgan fingerprint density at radius 2 is 2.06 bits per heavy atom. The van der Waals surface area contributed by atoms with Crippen LogP contribution < -0.4 is 5.32 Å². The summed E-state index contributed by atoms with van der Waals surface area (Å²) >= 11 is 0. The Bertz CT molecular complexity index is 440. The molecule has 1 amide bonds. The van der Waals surface area contributed by atoms with E-state index < -0.39 is 5.91 Å². The summed E-state index contributed by atoms with van der Waals surface area (Å²) in [7, 11) is 0. The number of aliphatic hydroxyl groups excluding tert-OH is 1. The van der Waals surface area contributed by atoms with Crippen LogP contribution in [-0.2, 0) is 11.3 Å². The number of allylic oxidation sites excluding steroid dienone is 1. The summed E-state index contributed by atoms with van der Waals surface area (Å²) in [6.07, 6.45) is 0. The van der Waals surface area contributed by atoms with Gasteiger partial charge in [-0.25, -0.2) is 0 Å². The molecule has 0 bridgehead atoms. The van der Waals surface area contributed by atoms with E-state index in [-0.39, 0.29) is 11.3 Å². The highest BCUT2D eigenvalue weighted by molar-refractivity contribution is 5.97. The van der Waals surface area contributed by atoms with Crippen molar-refractivity contribution in [2.45, 2.75) is 13.5 Å². The maximum atomic E-state index is 11.4. The number of carbonyl (C=O) groups is 1. The zero-order chi connectivity index (χ0) is 12.0. The van der Waals surface area contributed by atoms with Gasteiger partial charge in [0.05, 0.1) is 0 Å². The first-order valence-electron chi connectivity index (χ1n) is 4.77. The molecule has 0 aromatic heterocycles. The molecular weight excluding hydrogens is 204 g/mol. The lowest BCUT2D eigenvalue weighted by molar-refractivity contribution is -0.117. The van der Waals surface area contributed by atoms with Gasteiger partial charge in [0.2, 0.25) is 0 Å². The third-order valence-corrected chi connectivity index (χ3v) is 2.00. The highest BCUT2D eigenvalue weighted by Gasteiger charge is 2.11. The predicted octanol–water partition coefficient (Wildman–Crippen LogP) is 1.66. The zero-order valence-corrected chi connectivity index (χ0v) is 8.90. The van der Waals surface area contributed by atoms with Crippen molar-refractivity contribution >= 4 is 5.91 Å². The summed E-state index contributed by atoms with van der Waals surface area (Å²) in [6, 6.07) is 11.0. The number of hydrogen-bond acceptors (Lipinski definition) is 3. The van der Waals surface area contributed by atoms with Crippen molar-refractivity contribution in [2.24, 2.45) is 0 Å². The molecule has 4 nitrogen and oxygen atoms in total. The number of nitrogens with one attached hydrogen (secondary N) is 1. The average Bonchev–Trinajstić information content (AvgIpc) is 2.28. The third-order valence-electron chi connectivity index (χ3n) is 2.00. The number of nitriles is 1. The van der Waals surface area contributed by atoms with E-state index in [9.17, 15) is 4.79 Å². The van der Waals surface area contributed by atoms with Crippen LogP contribution in [0, 0.1) is 11.3 Å². The summed E-state index contributed by atoms with van der Waals surface area (Å²) in [6.45, 7) is 1.64. The van der Waals surface area contributed by atoms with Gasteiger partial charge in [-0.05, 0) is 12.5 Å². The first kappa shape index (κ1) is 11.8. The molecule has 0 radical (unpaired) electrons. The summed E-state index contributed by atoms with van der Waals surface area (Å²) in [5, 5.41) is 20.3. The minimum atomic E-state index is -0.564. The summed E-state index contributed by atoms with van der Waals surface area (Å²) in [4.78, 5) is 11.4. The Labute approximate surface area is 93.8 Å². The van der Waals surface area contributed by atoms with Crippen molar-refractivity contribution in [1.82, 2.24) is 5.32 Å². The van der Waals surface area contributed by atoms with Gasteiger partial charge >= 0.3 is 0 Å². The van der Waals surface area contributed by atoms with E-state index in [1.54, 1.807) is 6.07 Å². The van der Waals surface area contributed by atoms with E-state index >= 15 is 0 Å². The van der Waals surface area contributed by atoms with Crippen molar-refractivity contribution in [3.63, 3.8) is 0 Å². The number of aliphatic hydroxyl groups is 1. The van der Waals surface area contributed by atoms with Crippen molar-refractivity contribution in [3.8, 4) is 6.07 Å². The number of amides is 1. The number of nitrogens with zero attached hydrogens (tertiary/aromatic N) is 1. The molecule has 0 fully saturated rings. The van der Waals surface area contributed by atoms with Gasteiger partial charge in [0, 0.05) is 6.54 Å². The van der Waals surface area contributed by atoms with Gasteiger partial charge in [-0.1, -0.05) is 30.3 Å². The van der Waals surface area contributed by atoms with Crippen LogP contribution in [0.2, 0.25) is 0 Å². The molecule has 1 rings (SSSR count). The van der Waals surface area contributed by atoms with Gasteiger partial charge in [0.15, 0.2) is 5.57 Å². The number of carbonyl (C=O) groups excluding carboxylic acids is 1. The minimum Gasteiger partial charge on any atom is -0.511 e. The lowest BCUT2D eigenvalue weighted by Crippen LogP contribution is -2.24. The lowest BCUT2D eigenvalue weighted by Gasteiger charge is -2.04. The standard InChI is InChI=1S/C12H12N2O2/c1-9(15)11(7-13)12(16)14-8-10-5-3-2-4-6-10/h2-6,15H,8H2,1H3,(H,14,16)/b11-9-. The van der Waals surface area contributed by atoms with Gasteiger partial charge in [-0.2, -0.15) is 5.26 Å². The van der Waals surface area contributed by atoms with Gasteiger partial charge < -0.3 is 10.4 Å². The number of benzene rings is 1. The summed E-state index contributed by atoms with van der Waals surface area (Å²) in [5.74, 6) is -0.834. The quantitative estimate of drug-likeness (QED) is 0.458. The maximum Gasteiger partial charge on any atom is 0.265 e. The van der Waals surface area contributed by atoms with Gasteiger partial charge in [0.1, 0.15) is 11.8 Å². The van der Waals surface area contributed by atoms with E-state index in [2.05, 4.69) is 5.32 Å². The molecule has 0 saturated heterocycles. The smallest absolute Gasteiger partial charge is 0.265 e. The molecule has 0 saturated carbocycles. The third kappa shape index (κ3) is 3.14. The SMILES string of the molecule is C/C(O)=C(\C#N)C(=O)NCc1ccccc1. The molecular formula is C12H12N2O2. The first-order valence-corrected chi connectivity index (χ1v) is 4.77. The van der Waals surface area contributed by atoms with Crippen LogP contribution in [0.5, 0.6) is 0 Å². The van der Waals surface area contributed by atoms with Crippen LogP contribution in [0.25, 0.3) is 0 Å². The molecule has 0 unspecified atom stereocenters. The van der Waals surface area contributed by atoms with E-state index in [4.69, 9.17) is 10.4 Å². The molecule has 4 heteroatoms. The molecule has 16 heavy (non-hydrogen) atoms. The molecule has 0 heterocycles. The Balaban J connectivity index is 2.61. The van der Waals surface area contributed by atoms with Gasteiger partial charge in [0.25, 0.3) is 5.91 Å². The van der Waals surface area contributed by atoms with Crippen LogP contribution in [0.1, 0.15) is 12.5 Å². The molecule has 0 aliphatic carbocycles. The molecule has 2 N–H and O–H groups in total. The topological polar surface area (TPSA) is 73.1 Å². The maximum absolute atomic E-state index is 11.4. The first-order chi connectivity index (χ1) is 7.65. The van der Waals surface area contributed by atoms with Crippen molar-refractivity contribution in [1.29, 1.82) is 5.26 Å². The van der Waals surface area contributed by atoms with Gasteiger partial charge in [-0.15, -0.1) is 0 Å². The summed E-state index contributed by atoms with van der Waals surface area (Å²) in [5.41, 5.74) is 0.680. The van der Waals surface area contributed by atoms with Gasteiger partial charge in [-0.3, -0.25) is 4.79 Å². The van der Waals surface area contributed by atoms with Crippen LogP contribution >= 0.6 is 0 Å². The van der Waals surface area contributed by atoms with Crippen LogP contribution in [0.15, 0.2) is 41.7 Å².